The Bertz CT molecular complexity index is 344. The van der Waals surface area contributed by atoms with Gasteiger partial charge in [0.25, 0.3) is 0 Å². The van der Waals surface area contributed by atoms with E-state index in [4.69, 9.17) is 5.26 Å². The zero-order chi connectivity index (χ0) is 12.9. The third kappa shape index (κ3) is 3.74. The molecule has 1 saturated carbocycles. The largest absolute Gasteiger partial charge is 0.345 e. The van der Waals surface area contributed by atoms with E-state index in [0.717, 1.165) is 19.3 Å². The normalized spacial score (nSPS) is 22.3. The van der Waals surface area contributed by atoms with Gasteiger partial charge in [-0.05, 0) is 18.3 Å². The maximum Gasteiger partial charge on any atom is 0.310 e. The molecule has 1 rings (SSSR count). The number of nitrogens with one attached hydrogen (secondary N) is 2. The molecule has 0 aromatic rings. The molecule has 0 aromatic carbocycles. The number of amides is 2. The van der Waals surface area contributed by atoms with Crippen molar-refractivity contribution >= 4 is 11.8 Å². The molecule has 0 aliphatic heterocycles. The third-order valence-corrected chi connectivity index (χ3v) is 3.35. The molecule has 0 aromatic heterocycles. The Morgan fingerprint density at radius 1 is 1.35 bits per heavy atom. The van der Waals surface area contributed by atoms with Crippen molar-refractivity contribution in [2.75, 3.05) is 6.54 Å². The predicted molar refractivity (Wildman–Crippen MR) is 62.8 cm³/mol. The minimum atomic E-state index is -0.729. The van der Waals surface area contributed by atoms with Gasteiger partial charge < -0.3 is 10.6 Å². The zero-order valence-corrected chi connectivity index (χ0v) is 10.4. The maximum absolute atomic E-state index is 11.6. The molecule has 5 nitrogen and oxygen atoms in total. The van der Waals surface area contributed by atoms with Crippen molar-refractivity contribution < 1.29 is 9.59 Å². The number of hydrogen-bond donors (Lipinski definition) is 2. The molecule has 1 atom stereocenters. The first kappa shape index (κ1) is 13.5. The Labute approximate surface area is 102 Å². The van der Waals surface area contributed by atoms with Crippen LogP contribution in [0.3, 0.4) is 0 Å². The Morgan fingerprint density at radius 2 is 2.06 bits per heavy atom. The van der Waals surface area contributed by atoms with Gasteiger partial charge in [0, 0.05) is 6.04 Å². The highest BCUT2D eigenvalue weighted by molar-refractivity contribution is 6.35. The van der Waals surface area contributed by atoms with E-state index in [1.165, 1.54) is 6.42 Å². The fraction of sp³-hybridized carbons (Fsp3) is 0.750. The minimum absolute atomic E-state index is 0.0312. The standard InChI is InChI=1S/C12H19N3O2/c1-12(2)6-4-3-5-9(12)15-11(17)10(16)14-8-7-13/h9H,3-6,8H2,1-2H3,(H,14,16)(H,15,17). The molecule has 0 bridgehead atoms. The Morgan fingerprint density at radius 3 is 2.65 bits per heavy atom. The molecule has 94 valence electrons. The molecule has 1 fully saturated rings. The second-order valence-electron chi connectivity index (χ2n) is 5.10. The Hall–Kier alpha value is -1.57. The van der Waals surface area contributed by atoms with E-state index in [2.05, 4.69) is 24.5 Å². The van der Waals surface area contributed by atoms with E-state index >= 15 is 0 Å². The lowest BCUT2D eigenvalue weighted by molar-refractivity contribution is -0.140. The predicted octanol–water partition coefficient (Wildman–Crippen LogP) is 0.711. The van der Waals surface area contributed by atoms with Crippen molar-refractivity contribution in [2.45, 2.75) is 45.6 Å². The van der Waals surface area contributed by atoms with Gasteiger partial charge in [-0.15, -0.1) is 0 Å². The van der Waals surface area contributed by atoms with E-state index in [0.29, 0.717) is 0 Å². The lowest BCUT2D eigenvalue weighted by Gasteiger charge is -2.38. The molecule has 0 radical (unpaired) electrons. The fourth-order valence-electron chi connectivity index (χ4n) is 2.19. The minimum Gasteiger partial charge on any atom is -0.345 e. The monoisotopic (exact) mass is 237 g/mol. The van der Waals surface area contributed by atoms with Crippen LogP contribution in [-0.2, 0) is 9.59 Å². The van der Waals surface area contributed by atoms with Crippen LogP contribution in [0.15, 0.2) is 0 Å². The zero-order valence-electron chi connectivity index (χ0n) is 10.4. The van der Waals surface area contributed by atoms with Crippen LogP contribution >= 0.6 is 0 Å². The van der Waals surface area contributed by atoms with Crippen LogP contribution in [0.5, 0.6) is 0 Å². The first-order valence-corrected chi connectivity index (χ1v) is 5.93. The van der Waals surface area contributed by atoms with E-state index < -0.39 is 11.8 Å². The van der Waals surface area contributed by atoms with Crippen LogP contribution in [0.25, 0.3) is 0 Å². The summed E-state index contributed by atoms with van der Waals surface area (Å²) >= 11 is 0. The lowest BCUT2D eigenvalue weighted by atomic mass is 9.73. The van der Waals surface area contributed by atoms with Crippen LogP contribution < -0.4 is 10.6 Å². The van der Waals surface area contributed by atoms with E-state index in [1.54, 1.807) is 6.07 Å². The van der Waals surface area contributed by atoms with Crippen molar-refractivity contribution in [2.24, 2.45) is 5.41 Å². The molecule has 2 amide bonds. The summed E-state index contributed by atoms with van der Waals surface area (Å²) in [4.78, 5) is 22.9. The van der Waals surface area contributed by atoms with Gasteiger partial charge in [-0.3, -0.25) is 9.59 Å². The molecule has 2 N–H and O–H groups in total. The van der Waals surface area contributed by atoms with E-state index in [-0.39, 0.29) is 18.0 Å². The molecule has 0 spiro atoms. The number of nitriles is 1. The van der Waals surface area contributed by atoms with Gasteiger partial charge in [0.05, 0.1) is 6.07 Å². The van der Waals surface area contributed by atoms with Crippen LogP contribution in [0.1, 0.15) is 39.5 Å². The number of rotatable bonds is 2. The van der Waals surface area contributed by atoms with Crippen molar-refractivity contribution in [3.63, 3.8) is 0 Å². The fourth-order valence-corrected chi connectivity index (χ4v) is 2.19. The van der Waals surface area contributed by atoms with Gasteiger partial charge >= 0.3 is 11.8 Å². The summed E-state index contributed by atoms with van der Waals surface area (Å²) in [5.41, 5.74) is 0.0312. The highest BCUT2D eigenvalue weighted by Crippen LogP contribution is 2.35. The topological polar surface area (TPSA) is 82.0 Å². The summed E-state index contributed by atoms with van der Waals surface area (Å²) in [5, 5.41) is 13.3. The average molecular weight is 237 g/mol. The molecule has 5 heteroatoms. The summed E-state index contributed by atoms with van der Waals surface area (Å²) in [6, 6.07) is 1.80. The van der Waals surface area contributed by atoms with Gasteiger partial charge in [0.15, 0.2) is 0 Å². The first-order chi connectivity index (χ1) is 7.97. The molecular weight excluding hydrogens is 218 g/mol. The summed E-state index contributed by atoms with van der Waals surface area (Å²) in [6.45, 7) is 4.06. The van der Waals surface area contributed by atoms with Gasteiger partial charge in [-0.1, -0.05) is 26.7 Å². The van der Waals surface area contributed by atoms with Gasteiger partial charge in [-0.25, -0.2) is 0 Å². The molecule has 0 heterocycles. The van der Waals surface area contributed by atoms with Crippen LogP contribution in [0.4, 0.5) is 0 Å². The molecule has 0 saturated heterocycles. The highest BCUT2D eigenvalue weighted by atomic mass is 16.2. The Kier molecular flexibility index (Phi) is 4.50. The van der Waals surface area contributed by atoms with Crippen molar-refractivity contribution in [1.82, 2.24) is 10.6 Å². The smallest absolute Gasteiger partial charge is 0.310 e. The van der Waals surface area contributed by atoms with Crippen LogP contribution in [0.2, 0.25) is 0 Å². The summed E-state index contributed by atoms with van der Waals surface area (Å²) in [6.07, 6.45) is 4.20. The van der Waals surface area contributed by atoms with Crippen molar-refractivity contribution in [1.29, 1.82) is 5.26 Å². The summed E-state index contributed by atoms with van der Waals surface area (Å²) < 4.78 is 0. The molecule has 17 heavy (non-hydrogen) atoms. The molecule has 1 aliphatic carbocycles. The third-order valence-electron chi connectivity index (χ3n) is 3.35. The molecule has 1 unspecified atom stereocenters. The number of nitrogens with zero attached hydrogens (tertiary/aromatic N) is 1. The SMILES string of the molecule is CC1(C)CCCCC1NC(=O)C(=O)NCC#N. The second kappa shape index (κ2) is 5.67. The van der Waals surface area contributed by atoms with Crippen molar-refractivity contribution in [3.05, 3.63) is 0 Å². The van der Waals surface area contributed by atoms with Crippen molar-refractivity contribution in [3.8, 4) is 6.07 Å². The van der Waals surface area contributed by atoms with E-state index in [9.17, 15) is 9.59 Å². The number of carbonyl (C=O) groups is 2. The molecule has 1 aliphatic rings. The first-order valence-electron chi connectivity index (χ1n) is 5.93. The number of hydrogen-bond acceptors (Lipinski definition) is 3. The second-order valence-corrected chi connectivity index (χ2v) is 5.10. The van der Waals surface area contributed by atoms with Crippen LogP contribution in [-0.4, -0.2) is 24.4 Å². The average Bonchev–Trinajstić information content (AvgIpc) is 2.28. The maximum atomic E-state index is 11.6. The highest BCUT2D eigenvalue weighted by Gasteiger charge is 2.34. The number of carbonyl (C=O) groups excluding carboxylic acids is 2. The Balaban J connectivity index is 2.50. The molecular formula is C12H19N3O2. The van der Waals surface area contributed by atoms with Crippen LogP contribution in [0, 0.1) is 16.7 Å². The van der Waals surface area contributed by atoms with Gasteiger partial charge in [-0.2, -0.15) is 5.26 Å². The lowest BCUT2D eigenvalue weighted by Crippen LogP contribution is -2.51. The summed E-state index contributed by atoms with van der Waals surface area (Å²) in [7, 11) is 0. The quantitative estimate of drug-likeness (QED) is 0.548. The summed E-state index contributed by atoms with van der Waals surface area (Å²) in [5.74, 6) is -1.37. The van der Waals surface area contributed by atoms with Gasteiger partial charge in [0.1, 0.15) is 6.54 Å². The van der Waals surface area contributed by atoms with Gasteiger partial charge in [0.2, 0.25) is 0 Å². The van der Waals surface area contributed by atoms with E-state index in [1.807, 2.05) is 0 Å².